The third kappa shape index (κ3) is 3.62. The molecule has 7 heteroatoms. The Morgan fingerprint density at radius 2 is 2.12 bits per heavy atom. The van der Waals surface area contributed by atoms with Crippen LogP contribution in [0.2, 0.25) is 0 Å². The third-order valence-electron chi connectivity index (χ3n) is 4.90. The molecule has 2 heterocycles. The highest BCUT2D eigenvalue weighted by atomic mass is 16.2. The molecule has 2 amide bonds. The van der Waals surface area contributed by atoms with Gasteiger partial charge in [0.05, 0.1) is 18.2 Å². The van der Waals surface area contributed by atoms with Gasteiger partial charge in [-0.2, -0.15) is 5.10 Å². The smallest absolute Gasteiger partial charge is 0.229 e. The molecule has 0 spiro atoms. The number of carbonyl (C=O) groups is 2. The molecule has 26 heavy (non-hydrogen) atoms. The highest BCUT2D eigenvalue weighted by Crippen LogP contribution is 2.36. The maximum absolute atomic E-state index is 13.0. The van der Waals surface area contributed by atoms with Crippen molar-refractivity contribution in [3.63, 3.8) is 0 Å². The minimum atomic E-state index is -0.330. The van der Waals surface area contributed by atoms with Crippen molar-refractivity contribution >= 4 is 17.5 Å². The zero-order chi connectivity index (χ0) is 18.8. The highest BCUT2D eigenvalue weighted by molar-refractivity contribution is 5.94. The largest absolute Gasteiger partial charge is 0.338 e. The van der Waals surface area contributed by atoms with Gasteiger partial charge in [-0.15, -0.1) is 0 Å². The van der Waals surface area contributed by atoms with Crippen molar-refractivity contribution in [1.29, 1.82) is 0 Å². The number of benzene rings is 1. The first kappa shape index (κ1) is 18.1. The lowest BCUT2D eigenvalue weighted by Crippen LogP contribution is -2.44. The Hall–Kier alpha value is -2.67. The third-order valence-corrected chi connectivity index (χ3v) is 4.90. The molecule has 0 aliphatic carbocycles. The summed E-state index contributed by atoms with van der Waals surface area (Å²) in [4.78, 5) is 26.9. The van der Waals surface area contributed by atoms with Crippen LogP contribution in [0.1, 0.15) is 35.6 Å². The van der Waals surface area contributed by atoms with Crippen LogP contribution in [0.4, 0.5) is 5.69 Å². The molecular formula is C19H25N5O2. The summed E-state index contributed by atoms with van der Waals surface area (Å²) in [6.07, 6.45) is 4.47. The molecule has 0 radical (unpaired) electrons. The van der Waals surface area contributed by atoms with E-state index in [4.69, 9.17) is 5.73 Å². The number of aromatic nitrogens is 2. The van der Waals surface area contributed by atoms with Crippen molar-refractivity contribution < 1.29 is 9.59 Å². The van der Waals surface area contributed by atoms with Crippen molar-refractivity contribution in [2.24, 2.45) is 18.7 Å². The van der Waals surface area contributed by atoms with Crippen LogP contribution in [0.3, 0.4) is 0 Å². The predicted molar refractivity (Wildman–Crippen MR) is 99.1 cm³/mol. The van der Waals surface area contributed by atoms with Gasteiger partial charge in [0.25, 0.3) is 0 Å². The summed E-state index contributed by atoms with van der Waals surface area (Å²) in [5.41, 5.74) is 9.35. The molecule has 7 nitrogen and oxygen atoms in total. The molecule has 2 aromatic rings. The van der Waals surface area contributed by atoms with Crippen LogP contribution in [-0.4, -0.2) is 33.5 Å². The molecule has 3 N–H and O–H groups in total. The number of amides is 2. The van der Waals surface area contributed by atoms with E-state index in [9.17, 15) is 9.59 Å². The second-order valence-corrected chi connectivity index (χ2v) is 6.94. The van der Waals surface area contributed by atoms with Crippen LogP contribution in [0.25, 0.3) is 0 Å². The van der Waals surface area contributed by atoms with Crippen LogP contribution in [0, 0.1) is 12.8 Å². The van der Waals surface area contributed by atoms with E-state index in [2.05, 4.69) is 10.4 Å². The van der Waals surface area contributed by atoms with Crippen LogP contribution >= 0.6 is 0 Å². The van der Waals surface area contributed by atoms with Gasteiger partial charge in [0, 0.05) is 44.5 Å². The maximum Gasteiger partial charge on any atom is 0.229 e. The van der Waals surface area contributed by atoms with Gasteiger partial charge in [-0.1, -0.05) is 6.07 Å². The molecule has 1 aromatic heterocycles. The van der Waals surface area contributed by atoms with E-state index in [0.29, 0.717) is 19.4 Å². The van der Waals surface area contributed by atoms with Crippen LogP contribution in [0.5, 0.6) is 0 Å². The van der Waals surface area contributed by atoms with E-state index >= 15 is 0 Å². The Labute approximate surface area is 153 Å². The Bertz CT molecular complexity index is 829. The Morgan fingerprint density at radius 3 is 2.77 bits per heavy atom. The van der Waals surface area contributed by atoms with Gasteiger partial charge in [-0.3, -0.25) is 14.3 Å². The van der Waals surface area contributed by atoms with Crippen molar-refractivity contribution in [2.45, 2.75) is 32.4 Å². The number of rotatable bonds is 4. The van der Waals surface area contributed by atoms with E-state index in [1.807, 2.05) is 38.4 Å². The van der Waals surface area contributed by atoms with Gasteiger partial charge in [-0.25, -0.2) is 0 Å². The molecule has 2 atom stereocenters. The number of hydrogen-bond acceptors (Lipinski definition) is 4. The molecular weight excluding hydrogens is 330 g/mol. The Morgan fingerprint density at radius 1 is 1.35 bits per heavy atom. The van der Waals surface area contributed by atoms with Gasteiger partial charge in [0.15, 0.2) is 0 Å². The van der Waals surface area contributed by atoms with Crippen LogP contribution in [-0.2, 0) is 23.2 Å². The van der Waals surface area contributed by atoms with Gasteiger partial charge >= 0.3 is 0 Å². The summed E-state index contributed by atoms with van der Waals surface area (Å²) >= 11 is 0. The first-order chi connectivity index (χ1) is 12.4. The lowest BCUT2D eigenvalue weighted by molar-refractivity contribution is -0.140. The lowest BCUT2D eigenvalue weighted by Gasteiger charge is -2.37. The van der Waals surface area contributed by atoms with E-state index < -0.39 is 0 Å². The molecule has 1 aliphatic rings. The van der Waals surface area contributed by atoms with Crippen molar-refractivity contribution in [2.75, 3.05) is 12.4 Å². The van der Waals surface area contributed by atoms with E-state index in [0.717, 1.165) is 22.4 Å². The summed E-state index contributed by atoms with van der Waals surface area (Å²) in [6, 6.07) is 5.50. The zero-order valence-corrected chi connectivity index (χ0v) is 15.4. The average molecular weight is 355 g/mol. The van der Waals surface area contributed by atoms with E-state index in [1.54, 1.807) is 22.8 Å². The molecule has 138 valence electrons. The summed E-state index contributed by atoms with van der Waals surface area (Å²) in [5.74, 6) is -0.376. The fourth-order valence-electron chi connectivity index (χ4n) is 3.65. The van der Waals surface area contributed by atoms with Gasteiger partial charge < -0.3 is 16.0 Å². The number of anilines is 1. The second kappa shape index (κ2) is 7.29. The van der Waals surface area contributed by atoms with Gasteiger partial charge in [0.1, 0.15) is 0 Å². The molecule has 3 rings (SSSR count). The number of nitrogens with two attached hydrogens (primary N) is 1. The fourth-order valence-corrected chi connectivity index (χ4v) is 3.65. The number of carbonyl (C=O) groups excluding carboxylic acids is 2. The van der Waals surface area contributed by atoms with E-state index in [1.165, 1.54) is 0 Å². The van der Waals surface area contributed by atoms with Crippen molar-refractivity contribution in [1.82, 2.24) is 14.7 Å². The predicted octanol–water partition coefficient (Wildman–Crippen LogP) is 1.74. The molecule has 1 aliphatic heterocycles. The standard InChI is InChI=1S/C19H25N5O2/c1-12-6-13(9-20)8-15(7-12)22-19(26)16-4-5-17(25)24(3)18(16)14-10-21-23(2)11-14/h6-8,10-11,16,18H,4-5,9,20H2,1-3H3,(H,22,26). The molecule has 1 saturated heterocycles. The molecule has 0 bridgehead atoms. The fraction of sp³-hybridized carbons (Fsp3) is 0.421. The minimum absolute atomic E-state index is 0.0453. The summed E-state index contributed by atoms with van der Waals surface area (Å²) < 4.78 is 1.69. The van der Waals surface area contributed by atoms with Crippen LogP contribution in [0.15, 0.2) is 30.6 Å². The van der Waals surface area contributed by atoms with Gasteiger partial charge in [0.2, 0.25) is 11.8 Å². The van der Waals surface area contributed by atoms with Crippen molar-refractivity contribution in [3.8, 4) is 0 Å². The lowest BCUT2D eigenvalue weighted by atomic mass is 9.85. The quantitative estimate of drug-likeness (QED) is 0.873. The minimum Gasteiger partial charge on any atom is -0.338 e. The summed E-state index contributed by atoms with van der Waals surface area (Å²) in [5, 5.41) is 7.21. The number of nitrogens with one attached hydrogen (secondary N) is 1. The molecule has 2 unspecified atom stereocenters. The first-order valence-corrected chi connectivity index (χ1v) is 8.74. The maximum atomic E-state index is 13.0. The summed E-state index contributed by atoms with van der Waals surface area (Å²) in [7, 11) is 3.57. The van der Waals surface area contributed by atoms with Gasteiger partial charge in [-0.05, 0) is 36.6 Å². The highest BCUT2D eigenvalue weighted by Gasteiger charge is 2.39. The number of hydrogen-bond donors (Lipinski definition) is 2. The number of nitrogens with zero attached hydrogens (tertiary/aromatic N) is 3. The normalized spacial score (nSPS) is 20.3. The molecule has 1 aromatic carbocycles. The second-order valence-electron chi connectivity index (χ2n) is 6.94. The number of piperidine rings is 1. The zero-order valence-electron chi connectivity index (χ0n) is 15.4. The molecule has 0 saturated carbocycles. The Balaban J connectivity index is 1.86. The van der Waals surface area contributed by atoms with Crippen molar-refractivity contribution in [3.05, 3.63) is 47.3 Å². The first-order valence-electron chi connectivity index (χ1n) is 8.74. The SMILES string of the molecule is Cc1cc(CN)cc(NC(=O)C2CCC(=O)N(C)C2c2cnn(C)c2)c1. The van der Waals surface area contributed by atoms with Crippen LogP contribution < -0.4 is 11.1 Å². The Kier molecular flexibility index (Phi) is 5.08. The topological polar surface area (TPSA) is 93.2 Å². The monoisotopic (exact) mass is 355 g/mol. The summed E-state index contributed by atoms with van der Waals surface area (Å²) in [6.45, 7) is 2.39. The average Bonchev–Trinajstić information content (AvgIpc) is 3.02. The van der Waals surface area contributed by atoms with E-state index in [-0.39, 0.29) is 23.8 Å². The number of likely N-dealkylation sites (tertiary alicyclic amines) is 1. The number of aryl methyl sites for hydroxylation is 2. The molecule has 1 fully saturated rings.